The summed E-state index contributed by atoms with van der Waals surface area (Å²) in [4.78, 5) is 12.2. The number of methoxy groups -OCH3 is 1. The van der Waals surface area contributed by atoms with Crippen LogP contribution in [-0.2, 0) is 14.8 Å². The van der Waals surface area contributed by atoms with Crippen LogP contribution < -0.4 is 14.8 Å². The molecule has 0 aliphatic rings. The fourth-order valence-corrected chi connectivity index (χ4v) is 3.41. The number of hydrogen-bond acceptors (Lipinski definition) is 4. The van der Waals surface area contributed by atoms with E-state index in [1.807, 2.05) is 13.8 Å². The zero-order valence-electron chi connectivity index (χ0n) is 15.2. The summed E-state index contributed by atoms with van der Waals surface area (Å²) < 4.78 is 32.2. The second kappa shape index (κ2) is 8.82. The minimum Gasteiger partial charge on any atom is -0.495 e. The van der Waals surface area contributed by atoms with E-state index >= 15 is 0 Å². The molecule has 0 heterocycles. The Bertz CT molecular complexity index is 846. The van der Waals surface area contributed by atoms with Crippen molar-refractivity contribution in [2.45, 2.75) is 31.1 Å². The van der Waals surface area contributed by atoms with Gasteiger partial charge in [0.25, 0.3) is 0 Å². The van der Waals surface area contributed by atoms with Gasteiger partial charge in [0.2, 0.25) is 15.9 Å². The highest BCUT2D eigenvalue weighted by atomic mass is 32.2. The summed E-state index contributed by atoms with van der Waals surface area (Å²) in [5.74, 6) is 0.581. The number of carbonyl (C=O) groups excluding carboxylic acids is 1. The molecule has 2 aromatic rings. The van der Waals surface area contributed by atoms with Gasteiger partial charge in [0.1, 0.15) is 5.75 Å². The van der Waals surface area contributed by atoms with Gasteiger partial charge in [-0.15, -0.1) is 0 Å². The third-order valence-corrected chi connectivity index (χ3v) is 5.36. The number of rotatable bonds is 8. The van der Waals surface area contributed by atoms with E-state index in [-0.39, 0.29) is 23.8 Å². The van der Waals surface area contributed by atoms with Gasteiger partial charge in [-0.25, -0.2) is 13.1 Å². The molecule has 0 saturated heterocycles. The molecule has 0 aromatic heterocycles. The Balaban J connectivity index is 1.90. The Morgan fingerprint density at radius 2 is 1.73 bits per heavy atom. The molecular weight excluding hydrogens is 352 g/mol. The zero-order valence-corrected chi connectivity index (χ0v) is 16.0. The Morgan fingerprint density at radius 3 is 2.35 bits per heavy atom. The van der Waals surface area contributed by atoms with Gasteiger partial charge in [0.15, 0.2) is 0 Å². The Hall–Kier alpha value is -2.38. The maximum atomic E-state index is 12.3. The lowest BCUT2D eigenvalue weighted by Crippen LogP contribution is -2.28. The molecule has 0 aliphatic heterocycles. The summed E-state index contributed by atoms with van der Waals surface area (Å²) in [5, 5.41) is 2.71. The van der Waals surface area contributed by atoms with Gasteiger partial charge < -0.3 is 10.1 Å². The predicted molar refractivity (Wildman–Crippen MR) is 102 cm³/mol. The highest BCUT2D eigenvalue weighted by Gasteiger charge is 2.15. The van der Waals surface area contributed by atoms with Gasteiger partial charge in [-0.3, -0.25) is 4.79 Å². The predicted octanol–water partition coefficient (Wildman–Crippen LogP) is 3.13. The molecule has 0 unspecified atom stereocenters. The highest BCUT2D eigenvalue weighted by molar-refractivity contribution is 7.89. The van der Waals surface area contributed by atoms with Crippen LogP contribution in [0.4, 0.5) is 5.69 Å². The number of carbonyl (C=O) groups is 1. The Morgan fingerprint density at radius 1 is 1.08 bits per heavy atom. The van der Waals surface area contributed by atoms with Crippen molar-refractivity contribution in [2.75, 3.05) is 19.0 Å². The molecule has 1 amide bonds. The number of hydrogen-bond donors (Lipinski definition) is 2. The van der Waals surface area contributed by atoms with Crippen molar-refractivity contribution in [3.63, 3.8) is 0 Å². The molecule has 0 radical (unpaired) electrons. The number of para-hydroxylation sites is 2. The molecule has 0 atom stereocenters. The number of amides is 1. The topological polar surface area (TPSA) is 84.5 Å². The van der Waals surface area contributed by atoms with Crippen molar-refractivity contribution in [3.8, 4) is 5.75 Å². The van der Waals surface area contributed by atoms with E-state index in [0.29, 0.717) is 17.4 Å². The number of benzene rings is 2. The first-order chi connectivity index (χ1) is 12.3. The summed E-state index contributed by atoms with van der Waals surface area (Å²) in [6.45, 7) is 4.10. The average Bonchev–Trinajstić information content (AvgIpc) is 2.62. The zero-order chi connectivity index (χ0) is 19.2. The summed E-state index contributed by atoms with van der Waals surface area (Å²) in [7, 11) is -2.12. The second-order valence-corrected chi connectivity index (χ2v) is 7.89. The van der Waals surface area contributed by atoms with Crippen molar-refractivity contribution < 1.29 is 17.9 Å². The van der Waals surface area contributed by atoms with E-state index < -0.39 is 10.0 Å². The molecule has 0 spiro atoms. The van der Waals surface area contributed by atoms with E-state index in [4.69, 9.17) is 4.74 Å². The number of sulfonamides is 1. The van der Waals surface area contributed by atoms with Gasteiger partial charge >= 0.3 is 0 Å². The van der Waals surface area contributed by atoms with Crippen LogP contribution in [0.1, 0.15) is 31.7 Å². The fourth-order valence-electron chi connectivity index (χ4n) is 2.37. The molecule has 140 valence electrons. The van der Waals surface area contributed by atoms with Gasteiger partial charge in [0, 0.05) is 13.0 Å². The first-order valence-electron chi connectivity index (χ1n) is 8.36. The van der Waals surface area contributed by atoms with Crippen LogP contribution in [0.5, 0.6) is 5.75 Å². The maximum absolute atomic E-state index is 12.3. The van der Waals surface area contributed by atoms with E-state index in [2.05, 4.69) is 10.0 Å². The van der Waals surface area contributed by atoms with Crippen molar-refractivity contribution >= 4 is 21.6 Å². The largest absolute Gasteiger partial charge is 0.495 e. The minimum absolute atomic E-state index is 0.00917. The average molecular weight is 376 g/mol. The fraction of sp³-hybridized carbons (Fsp3) is 0.316. The van der Waals surface area contributed by atoms with Crippen molar-refractivity contribution in [2.24, 2.45) is 0 Å². The lowest BCUT2D eigenvalue weighted by Gasteiger charge is -2.11. The van der Waals surface area contributed by atoms with Crippen LogP contribution in [0.15, 0.2) is 53.4 Å². The second-order valence-electron chi connectivity index (χ2n) is 6.12. The number of anilines is 1. The van der Waals surface area contributed by atoms with Crippen LogP contribution in [0.25, 0.3) is 0 Å². The van der Waals surface area contributed by atoms with E-state index in [1.165, 1.54) is 7.11 Å². The van der Waals surface area contributed by atoms with Crippen LogP contribution in [0.3, 0.4) is 0 Å². The molecular formula is C19H24N2O4S. The van der Waals surface area contributed by atoms with Crippen molar-refractivity contribution in [1.82, 2.24) is 4.72 Å². The smallest absolute Gasteiger partial charge is 0.240 e. The normalized spacial score (nSPS) is 11.4. The molecule has 0 saturated carbocycles. The van der Waals surface area contributed by atoms with Crippen molar-refractivity contribution in [3.05, 3.63) is 54.1 Å². The van der Waals surface area contributed by atoms with E-state index in [0.717, 1.165) is 5.56 Å². The first kappa shape index (κ1) is 19.9. The number of nitrogens with one attached hydrogen (secondary N) is 2. The summed E-state index contributed by atoms with van der Waals surface area (Å²) in [6, 6.07) is 13.8. The number of ether oxygens (including phenoxy) is 1. The highest BCUT2D eigenvalue weighted by Crippen LogP contribution is 2.23. The van der Waals surface area contributed by atoms with Crippen LogP contribution in [0, 0.1) is 0 Å². The van der Waals surface area contributed by atoms with Crippen molar-refractivity contribution in [1.29, 1.82) is 0 Å². The maximum Gasteiger partial charge on any atom is 0.240 e. The van der Waals surface area contributed by atoms with E-state index in [1.54, 1.807) is 48.5 Å². The Kier molecular flexibility index (Phi) is 6.76. The lowest BCUT2D eigenvalue weighted by atomic mass is 10.0. The molecule has 0 fully saturated rings. The van der Waals surface area contributed by atoms with Gasteiger partial charge in [0.05, 0.1) is 17.7 Å². The van der Waals surface area contributed by atoms with Crippen LogP contribution in [0.2, 0.25) is 0 Å². The van der Waals surface area contributed by atoms with Gasteiger partial charge in [-0.1, -0.05) is 38.1 Å². The molecule has 2 aromatic carbocycles. The summed E-state index contributed by atoms with van der Waals surface area (Å²) >= 11 is 0. The van der Waals surface area contributed by atoms with Crippen LogP contribution >= 0.6 is 0 Å². The van der Waals surface area contributed by atoms with Gasteiger partial charge in [-0.2, -0.15) is 0 Å². The summed E-state index contributed by atoms with van der Waals surface area (Å²) in [6.07, 6.45) is 0.0152. The SMILES string of the molecule is COc1ccccc1NC(=O)CCNS(=O)(=O)c1ccc(C(C)C)cc1. The quantitative estimate of drug-likeness (QED) is 0.741. The Labute approximate surface area is 154 Å². The molecule has 2 N–H and O–H groups in total. The monoisotopic (exact) mass is 376 g/mol. The molecule has 7 heteroatoms. The van der Waals surface area contributed by atoms with E-state index in [9.17, 15) is 13.2 Å². The minimum atomic E-state index is -3.64. The lowest BCUT2D eigenvalue weighted by molar-refractivity contribution is -0.116. The molecule has 6 nitrogen and oxygen atoms in total. The third kappa shape index (κ3) is 5.31. The summed E-state index contributed by atoms with van der Waals surface area (Å²) in [5.41, 5.74) is 1.62. The standard InChI is InChI=1S/C19H24N2O4S/c1-14(2)15-8-10-16(11-9-15)26(23,24)20-13-12-19(22)21-17-6-4-5-7-18(17)25-3/h4-11,14,20H,12-13H2,1-3H3,(H,21,22). The molecule has 0 bridgehead atoms. The van der Waals surface area contributed by atoms with Gasteiger partial charge in [-0.05, 0) is 35.7 Å². The third-order valence-electron chi connectivity index (χ3n) is 3.88. The molecule has 0 aliphatic carbocycles. The van der Waals surface area contributed by atoms with Crippen LogP contribution in [-0.4, -0.2) is 28.0 Å². The molecule has 2 rings (SSSR count). The first-order valence-corrected chi connectivity index (χ1v) is 9.84. The molecule has 26 heavy (non-hydrogen) atoms.